The van der Waals surface area contributed by atoms with Crippen LogP contribution in [0.2, 0.25) is 0 Å². The van der Waals surface area contributed by atoms with Gasteiger partial charge in [0.2, 0.25) is 11.8 Å². The zero-order valence-corrected chi connectivity index (χ0v) is 16.8. The Kier molecular flexibility index (Phi) is 5.53. The number of hydrogen-bond donors (Lipinski definition) is 2. The third-order valence-corrected chi connectivity index (χ3v) is 5.29. The smallest absolute Gasteiger partial charge is 0.229 e. The van der Waals surface area contributed by atoms with Gasteiger partial charge in [-0.2, -0.15) is 0 Å². The van der Waals surface area contributed by atoms with Crippen molar-refractivity contribution in [2.75, 3.05) is 11.9 Å². The van der Waals surface area contributed by atoms with Crippen LogP contribution in [0.5, 0.6) is 0 Å². The zero-order chi connectivity index (χ0) is 19.6. The molecule has 3 rings (SSSR count). The molecule has 0 radical (unpaired) electrons. The molecule has 1 aromatic carbocycles. The highest BCUT2D eigenvalue weighted by Gasteiger charge is 2.23. The van der Waals surface area contributed by atoms with Gasteiger partial charge >= 0.3 is 0 Å². The molecule has 0 saturated heterocycles. The summed E-state index contributed by atoms with van der Waals surface area (Å²) >= 11 is 0. The maximum Gasteiger partial charge on any atom is 0.229 e. The molecule has 1 saturated carbocycles. The van der Waals surface area contributed by atoms with Gasteiger partial charge in [0.25, 0.3) is 0 Å². The quantitative estimate of drug-likeness (QED) is 0.847. The van der Waals surface area contributed by atoms with Crippen molar-refractivity contribution < 1.29 is 9.59 Å². The van der Waals surface area contributed by atoms with Crippen molar-refractivity contribution in [1.29, 1.82) is 0 Å². The number of amides is 2. The Bertz CT molecular complexity index is 842. The molecule has 1 heterocycles. The maximum absolute atomic E-state index is 12.2. The summed E-state index contributed by atoms with van der Waals surface area (Å²) in [6.07, 6.45) is 5.05. The van der Waals surface area contributed by atoms with Crippen molar-refractivity contribution in [1.82, 2.24) is 14.9 Å². The summed E-state index contributed by atoms with van der Waals surface area (Å²) in [5, 5.41) is 6.00. The number of nitrogens with zero attached hydrogens (tertiary/aromatic N) is 2. The van der Waals surface area contributed by atoms with Crippen LogP contribution in [0, 0.1) is 11.3 Å². The molecule has 0 spiro atoms. The highest BCUT2D eigenvalue weighted by molar-refractivity contribution is 5.96. The number of aryl methyl sites for hydroxylation is 1. The number of hydrogen-bond acceptors (Lipinski definition) is 3. The van der Waals surface area contributed by atoms with E-state index in [0.717, 1.165) is 48.2 Å². The number of aromatic nitrogens is 2. The molecular formula is C21H30N4O2. The predicted molar refractivity (Wildman–Crippen MR) is 107 cm³/mol. The molecule has 0 aliphatic heterocycles. The number of carbonyl (C=O) groups is 2. The molecule has 1 aliphatic rings. The van der Waals surface area contributed by atoms with Crippen molar-refractivity contribution in [2.45, 2.75) is 52.9 Å². The molecule has 146 valence electrons. The molecule has 0 bridgehead atoms. The van der Waals surface area contributed by atoms with E-state index in [1.165, 1.54) is 0 Å². The number of anilines is 1. The number of fused-ring (bicyclic) bond motifs is 1. The zero-order valence-electron chi connectivity index (χ0n) is 16.8. The summed E-state index contributed by atoms with van der Waals surface area (Å²) in [4.78, 5) is 29.0. The van der Waals surface area contributed by atoms with Crippen LogP contribution in [-0.4, -0.2) is 27.9 Å². The minimum atomic E-state index is -0.443. The number of imidazole rings is 1. The van der Waals surface area contributed by atoms with E-state index in [1.807, 2.05) is 50.6 Å². The fourth-order valence-corrected chi connectivity index (χ4v) is 3.50. The van der Waals surface area contributed by atoms with Gasteiger partial charge in [0.05, 0.1) is 11.0 Å². The molecule has 2 amide bonds. The topological polar surface area (TPSA) is 76.0 Å². The van der Waals surface area contributed by atoms with E-state index in [1.54, 1.807) is 0 Å². The third kappa shape index (κ3) is 4.49. The molecule has 6 heteroatoms. The van der Waals surface area contributed by atoms with Crippen molar-refractivity contribution >= 4 is 28.5 Å². The summed E-state index contributed by atoms with van der Waals surface area (Å²) < 4.78 is 2.05. The van der Waals surface area contributed by atoms with Crippen LogP contribution in [0.1, 0.15) is 52.3 Å². The maximum atomic E-state index is 12.2. The van der Waals surface area contributed by atoms with Crippen LogP contribution >= 0.6 is 0 Å². The van der Waals surface area contributed by atoms with E-state index in [4.69, 9.17) is 4.98 Å². The van der Waals surface area contributed by atoms with Gasteiger partial charge in [-0.15, -0.1) is 0 Å². The van der Waals surface area contributed by atoms with E-state index >= 15 is 0 Å². The Morgan fingerprint density at radius 2 is 1.93 bits per heavy atom. The number of carbonyl (C=O) groups excluding carboxylic acids is 2. The fraction of sp³-hybridized carbons (Fsp3) is 0.571. The average Bonchev–Trinajstić information content (AvgIpc) is 3.23. The second-order valence-electron chi connectivity index (χ2n) is 8.52. The third-order valence-electron chi connectivity index (χ3n) is 5.29. The van der Waals surface area contributed by atoms with Gasteiger partial charge in [-0.25, -0.2) is 4.98 Å². The van der Waals surface area contributed by atoms with Gasteiger partial charge in [-0.05, 0) is 31.0 Å². The monoisotopic (exact) mass is 370 g/mol. The van der Waals surface area contributed by atoms with Crippen LogP contribution in [-0.2, 0) is 23.1 Å². The summed E-state index contributed by atoms with van der Waals surface area (Å²) in [7, 11) is 1.98. The molecule has 6 nitrogen and oxygen atoms in total. The SMILES string of the molecule is Cn1c(CCNC(=O)C2CCCC2)nc2cc(NC(=O)C(C)(C)C)ccc21. The van der Waals surface area contributed by atoms with Gasteiger partial charge in [0.1, 0.15) is 5.82 Å². The largest absolute Gasteiger partial charge is 0.355 e. The lowest BCUT2D eigenvalue weighted by molar-refractivity contribution is -0.125. The van der Waals surface area contributed by atoms with Crippen molar-refractivity contribution in [3.8, 4) is 0 Å². The summed E-state index contributed by atoms with van der Waals surface area (Å²) in [6, 6.07) is 5.78. The average molecular weight is 370 g/mol. The van der Waals surface area contributed by atoms with Crippen LogP contribution < -0.4 is 10.6 Å². The van der Waals surface area contributed by atoms with Gasteiger partial charge < -0.3 is 15.2 Å². The molecule has 0 unspecified atom stereocenters. The van der Waals surface area contributed by atoms with Crippen molar-refractivity contribution in [3.63, 3.8) is 0 Å². The fourth-order valence-electron chi connectivity index (χ4n) is 3.50. The Hall–Kier alpha value is -2.37. The summed E-state index contributed by atoms with van der Waals surface area (Å²) in [5.41, 5.74) is 2.17. The van der Waals surface area contributed by atoms with Gasteiger partial charge in [-0.3, -0.25) is 9.59 Å². The van der Waals surface area contributed by atoms with Crippen LogP contribution in [0.3, 0.4) is 0 Å². The molecule has 0 atom stereocenters. The summed E-state index contributed by atoms with van der Waals surface area (Å²) in [6.45, 7) is 6.26. The lowest BCUT2D eigenvalue weighted by atomic mass is 9.95. The molecule has 2 N–H and O–H groups in total. The highest BCUT2D eigenvalue weighted by atomic mass is 16.2. The predicted octanol–water partition coefficient (Wildman–Crippen LogP) is 3.41. The Morgan fingerprint density at radius 1 is 1.22 bits per heavy atom. The standard InChI is InChI=1S/C21H30N4O2/c1-21(2,3)20(27)23-15-9-10-17-16(13-15)24-18(25(17)4)11-12-22-19(26)14-7-5-6-8-14/h9-10,13-14H,5-8,11-12H2,1-4H3,(H,22,26)(H,23,27). The number of nitrogens with one attached hydrogen (secondary N) is 2. The van der Waals surface area contributed by atoms with Gasteiger partial charge in [0, 0.05) is 37.0 Å². The first kappa shape index (κ1) is 19.4. The first-order valence-corrected chi connectivity index (χ1v) is 9.80. The van der Waals surface area contributed by atoms with E-state index in [-0.39, 0.29) is 17.7 Å². The normalized spacial score (nSPS) is 15.3. The summed E-state index contributed by atoms with van der Waals surface area (Å²) in [5.74, 6) is 1.28. The van der Waals surface area contributed by atoms with Gasteiger partial charge in [-0.1, -0.05) is 33.6 Å². The molecular weight excluding hydrogens is 340 g/mol. The number of benzene rings is 1. The molecule has 1 aromatic heterocycles. The molecule has 27 heavy (non-hydrogen) atoms. The van der Waals surface area contributed by atoms with E-state index in [2.05, 4.69) is 10.6 Å². The lowest BCUT2D eigenvalue weighted by Crippen LogP contribution is -2.31. The van der Waals surface area contributed by atoms with Crippen LogP contribution in [0.15, 0.2) is 18.2 Å². The van der Waals surface area contributed by atoms with Gasteiger partial charge in [0.15, 0.2) is 0 Å². The lowest BCUT2D eigenvalue weighted by Gasteiger charge is -2.17. The minimum Gasteiger partial charge on any atom is -0.355 e. The van der Waals surface area contributed by atoms with E-state index < -0.39 is 5.41 Å². The van der Waals surface area contributed by atoms with Crippen molar-refractivity contribution in [2.24, 2.45) is 18.4 Å². The Balaban J connectivity index is 1.65. The molecule has 2 aromatic rings. The highest BCUT2D eigenvalue weighted by Crippen LogP contribution is 2.25. The molecule has 1 aliphatic carbocycles. The molecule has 1 fully saturated rings. The first-order valence-electron chi connectivity index (χ1n) is 9.80. The second-order valence-corrected chi connectivity index (χ2v) is 8.52. The van der Waals surface area contributed by atoms with E-state index in [0.29, 0.717) is 13.0 Å². The van der Waals surface area contributed by atoms with Crippen LogP contribution in [0.4, 0.5) is 5.69 Å². The first-order chi connectivity index (χ1) is 12.8. The van der Waals surface area contributed by atoms with E-state index in [9.17, 15) is 9.59 Å². The minimum absolute atomic E-state index is 0.0207. The Morgan fingerprint density at radius 3 is 2.59 bits per heavy atom. The Labute approximate surface area is 160 Å². The second kappa shape index (κ2) is 7.71. The van der Waals surface area contributed by atoms with Crippen LogP contribution in [0.25, 0.3) is 11.0 Å². The number of rotatable bonds is 5. The van der Waals surface area contributed by atoms with Crippen molar-refractivity contribution in [3.05, 3.63) is 24.0 Å².